The number of carbonyl (C=O) groups excluding carboxylic acids is 1. The van der Waals surface area contributed by atoms with Crippen LogP contribution >= 0.6 is 0 Å². The van der Waals surface area contributed by atoms with Gasteiger partial charge in [0, 0.05) is 13.1 Å². The second-order valence-electron chi connectivity index (χ2n) is 4.33. The Labute approximate surface area is 87.4 Å². The lowest BCUT2D eigenvalue weighted by molar-refractivity contribution is -0.186. The van der Waals surface area contributed by atoms with Gasteiger partial charge in [0.15, 0.2) is 0 Å². The number of nitrogens with zero attached hydrogens (tertiary/aromatic N) is 1. The van der Waals surface area contributed by atoms with Crippen molar-refractivity contribution in [2.24, 2.45) is 5.92 Å². The number of carbonyl (C=O) groups is 1. The molecule has 1 fully saturated rings. The van der Waals surface area contributed by atoms with E-state index in [1.807, 2.05) is 0 Å². The summed E-state index contributed by atoms with van der Waals surface area (Å²) in [6, 6.07) is -0.240. The van der Waals surface area contributed by atoms with Crippen LogP contribution in [0.25, 0.3) is 0 Å². The summed E-state index contributed by atoms with van der Waals surface area (Å²) < 4.78 is 36.4. The van der Waals surface area contributed by atoms with Gasteiger partial charge in [0.25, 0.3) is 0 Å². The van der Waals surface area contributed by atoms with Crippen molar-refractivity contribution in [1.82, 2.24) is 4.90 Å². The predicted octanol–water partition coefficient (Wildman–Crippen LogP) is 2.59. The first kappa shape index (κ1) is 12.3. The fourth-order valence-corrected chi connectivity index (χ4v) is 2.00. The number of halogens is 3. The third kappa shape index (κ3) is 3.11. The molecule has 1 aliphatic rings. The molecule has 0 aliphatic heterocycles. The van der Waals surface area contributed by atoms with E-state index in [0.29, 0.717) is 18.8 Å². The summed E-state index contributed by atoms with van der Waals surface area (Å²) in [5, 5.41) is 0. The van der Waals surface area contributed by atoms with Gasteiger partial charge >= 0.3 is 12.1 Å². The number of amides is 1. The molecule has 0 saturated heterocycles. The van der Waals surface area contributed by atoms with Crippen LogP contribution in [0, 0.1) is 5.92 Å². The predicted molar refractivity (Wildman–Crippen MR) is 50.2 cm³/mol. The van der Waals surface area contributed by atoms with Crippen LogP contribution in [0.2, 0.25) is 0 Å². The lowest BCUT2D eigenvalue weighted by atomic mass is 9.87. The molecule has 15 heavy (non-hydrogen) atoms. The Bertz CT molecular complexity index is 231. The molecule has 0 radical (unpaired) electrons. The quantitative estimate of drug-likeness (QED) is 0.669. The van der Waals surface area contributed by atoms with Gasteiger partial charge in [0.1, 0.15) is 0 Å². The number of alkyl halides is 3. The van der Waals surface area contributed by atoms with Crippen LogP contribution < -0.4 is 0 Å². The second-order valence-corrected chi connectivity index (χ2v) is 4.33. The van der Waals surface area contributed by atoms with Crippen LogP contribution in [0.1, 0.15) is 32.6 Å². The monoisotopic (exact) mass is 223 g/mol. The zero-order valence-electron chi connectivity index (χ0n) is 8.97. The SMILES string of the molecule is CN(C(=O)C(F)(F)F)[C@H]1CC[C@H](C)CC1. The minimum absolute atomic E-state index is 0.240. The van der Waals surface area contributed by atoms with Crippen molar-refractivity contribution in [3.05, 3.63) is 0 Å². The van der Waals surface area contributed by atoms with E-state index < -0.39 is 12.1 Å². The van der Waals surface area contributed by atoms with Crippen molar-refractivity contribution in [3.63, 3.8) is 0 Å². The molecule has 0 atom stereocenters. The van der Waals surface area contributed by atoms with E-state index in [9.17, 15) is 18.0 Å². The zero-order valence-corrected chi connectivity index (χ0v) is 8.97. The van der Waals surface area contributed by atoms with Crippen molar-refractivity contribution in [2.75, 3.05) is 7.05 Å². The summed E-state index contributed by atoms with van der Waals surface area (Å²) >= 11 is 0. The van der Waals surface area contributed by atoms with E-state index in [2.05, 4.69) is 6.92 Å². The molecule has 0 heterocycles. The highest BCUT2D eigenvalue weighted by molar-refractivity contribution is 5.81. The highest BCUT2D eigenvalue weighted by atomic mass is 19.4. The van der Waals surface area contributed by atoms with Crippen LogP contribution in [-0.4, -0.2) is 30.1 Å². The van der Waals surface area contributed by atoms with Crippen LogP contribution in [0.5, 0.6) is 0 Å². The molecule has 1 saturated carbocycles. The molecule has 0 aromatic rings. The Morgan fingerprint density at radius 1 is 1.20 bits per heavy atom. The molecule has 0 bridgehead atoms. The maximum atomic E-state index is 12.1. The maximum Gasteiger partial charge on any atom is 0.471 e. The van der Waals surface area contributed by atoms with Crippen LogP contribution in [0.15, 0.2) is 0 Å². The normalized spacial score (nSPS) is 27.5. The largest absolute Gasteiger partial charge is 0.471 e. The van der Waals surface area contributed by atoms with Crippen LogP contribution in [0.4, 0.5) is 13.2 Å². The Kier molecular flexibility index (Phi) is 3.62. The van der Waals surface area contributed by atoms with Crippen LogP contribution in [-0.2, 0) is 4.79 Å². The smallest absolute Gasteiger partial charge is 0.335 e. The van der Waals surface area contributed by atoms with Gasteiger partial charge < -0.3 is 4.90 Å². The first-order valence-corrected chi connectivity index (χ1v) is 5.16. The van der Waals surface area contributed by atoms with Crippen molar-refractivity contribution >= 4 is 5.91 Å². The average molecular weight is 223 g/mol. The number of rotatable bonds is 1. The molecular weight excluding hydrogens is 207 g/mol. The van der Waals surface area contributed by atoms with E-state index in [0.717, 1.165) is 17.7 Å². The van der Waals surface area contributed by atoms with E-state index in [1.165, 1.54) is 7.05 Å². The van der Waals surface area contributed by atoms with E-state index in [1.54, 1.807) is 0 Å². The van der Waals surface area contributed by atoms with Crippen LogP contribution in [0.3, 0.4) is 0 Å². The Morgan fingerprint density at radius 2 is 1.67 bits per heavy atom. The molecule has 0 unspecified atom stereocenters. The van der Waals surface area contributed by atoms with Crippen molar-refractivity contribution < 1.29 is 18.0 Å². The minimum Gasteiger partial charge on any atom is -0.335 e. The summed E-state index contributed by atoms with van der Waals surface area (Å²) in [6.45, 7) is 2.09. The van der Waals surface area contributed by atoms with E-state index in [4.69, 9.17) is 0 Å². The van der Waals surface area contributed by atoms with Gasteiger partial charge in [-0.1, -0.05) is 6.92 Å². The van der Waals surface area contributed by atoms with Crippen molar-refractivity contribution in [1.29, 1.82) is 0 Å². The molecule has 0 N–H and O–H groups in total. The standard InChI is InChI=1S/C10H16F3NO/c1-7-3-5-8(6-4-7)14(2)9(15)10(11,12)13/h7-8H,3-6H2,1-2H3/t7-,8-. The van der Waals surface area contributed by atoms with Crippen molar-refractivity contribution in [3.8, 4) is 0 Å². The molecule has 88 valence electrons. The summed E-state index contributed by atoms with van der Waals surface area (Å²) in [5.41, 5.74) is 0. The molecule has 1 aliphatic carbocycles. The molecular formula is C10H16F3NO. The van der Waals surface area contributed by atoms with Gasteiger partial charge in [0.05, 0.1) is 0 Å². The Morgan fingerprint density at radius 3 is 2.07 bits per heavy atom. The number of hydrogen-bond acceptors (Lipinski definition) is 1. The summed E-state index contributed by atoms with van der Waals surface area (Å²) in [5.74, 6) is -1.15. The summed E-state index contributed by atoms with van der Waals surface area (Å²) in [4.78, 5) is 11.8. The maximum absolute atomic E-state index is 12.1. The van der Waals surface area contributed by atoms with Gasteiger partial charge in [-0.2, -0.15) is 13.2 Å². The summed E-state index contributed by atoms with van der Waals surface area (Å²) in [7, 11) is 1.25. The van der Waals surface area contributed by atoms with E-state index in [-0.39, 0.29) is 6.04 Å². The molecule has 0 spiro atoms. The van der Waals surface area contributed by atoms with Gasteiger partial charge in [-0.3, -0.25) is 4.79 Å². The molecule has 5 heteroatoms. The minimum atomic E-state index is -4.74. The zero-order chi connectivity index (χ0) is 11.6. The third-order valence-corrected chi connectivity index (χ3v) is 3.10. The topological polar surface area (TPSA) is 20.3 Å². The van der Waals surface area contributed by atoms with E-state index >= 15 is 0 Å². The second kappa shape index (κ2) is 4.41. The molecule has 2 nitrogen and oxygen atoms in total. The van der Waals surface area contributed by atoms with Gasteiger partial charge in [-0.15, -0.1) is 0 Å². The third-order valence-electron chi connectivity index (χ3n) is 3.10. The lowest BCUT2D eigenvalue weighted by Gasteiger charge is -2.33. The highest BCUT2D eigenvalue weighted by Gasteiger charge is 2.43. The lowest BCUT2D eigenvalue weighted by Crippen LogP contribution is -2.45. The average Bonchev–Trinajstić information content (AvgIpc) is 2.15. The molecule has 1 rings (SSSR count). The summed E-state index contributed by atoms with van der Waals surface area (Å²) in [6.07, 6.45) is -1.57. The number of hydrogen-bond donors (Lipinski definition) is 0. The molecule has 0 aromatic heterocycles. The van der Waals surface area contributed by atoms with Crippen molar-refractivity contribution in [2.45, 2.75) is 44.8 Å². The molecule has 0 aromatic carbocycles. The fraction of sp³-hybridized carbons (Fsp3) is 0.900. The first-order valence-electron chi connectivity index (χ1n) is 5.16. The Balaban J connectivity index is 2.54. The van der Waals surface area contributed by atoms with Gasteiger partial charge in [-0.25, -0.2) is 0 Å². The molecule has 1 amide bonds. The Hall–Kier alpha value is -0.740. The first-order chi connectivity index (χ1) is 6.82. The van der Waals surface area contributed by atoms with Gasteiger partial charge in [-0.05, 0) is 31.6 Å². The highest BCUT2D eigenvalue weighted by Crippen LogP contribution is 2.28. The van der Waals surface area contributed by atoms with Gasteiger partial charge in [0.2, 0.25) is 0 Å². The fourth-order valence-electron chi connectivity index (χ4n) is 2.00.